The fourth-order valence-electron chi connectivity index (χ4n) is 7.16. The van der Waals surface area contributed by atoms with E-state index >= 15 is 0 Å². The monoisotopic (exact) mass is 858 g/mol. The van der Waals surface area contributed by atoms with Gasteiger partial charge in [-0.15, -0.1) is 11.8 Å². The van der Waals surface area contributed by atoms with Crippen molar-refractivity contribution in [3.05, 3.63) is 137 Å². The summed E-state index contributed by atoms with van der Waals surface area (Å²) in [6.45, 7) is -0.179. The fourth-order valence-corrected chi connectivity index (χ4v) is 8.16. The molecule has 4 aromatic rings. The predicted octanol–water partition coefficient (Wildman–Crippen LogP) is 4.05. The minimum absolute atomic E-state index is 0.00846. The van der Waals surface area contributed by atoms with Gasteiger partial charge >= 0.3 is 5.97 Å². The van der Waals surface area contributed by atoms with Gasteiger partial charge < -0.3 is 37.0 Å². The first-order valence-electron chi connectivity index (χ1n) is 20.6. The fraction of sp³-hybridized carbons (Fsp3) is 0.298. The van der Waals surface area contributed by atoms with Gasteiger partial charge in [0.05, 0.1) is 6.42 Å². The summed E-state index contributed by atoms with van der Waals surface area (Å²) in [6.07, 6.45) is 2.18. The number of hydrogen-bond donors (Lipinski definition) is 7. The quantitative estimate of drug-likeness (QED) is 0.108. The van der Waals surface area contributed by atoms with E-state index in [4.69, 9.17) is 0 Å². The van der Waals surface area contributed by atoms with Crippen molar-refractivity contribution in [3.8, 4) is 11.1 Å². The van der Waals surface area contributed by atoms with E-state index in [0.717, 1.165) is 16.7 Å². The van der Waals surface area contributed by atoms with Crippen LogP contribution in [0.25, 0.3) is 11.1 Å². The highest BCUT2D eigenvalue weighted by atomic mass is 32.2. The average Bonchev–Trinajstić information content (AvgIpc) is 3.82. The van der Waals surface area contributed by atoms with Gasteiger partial charge in [0.1, 0.15) is 24.2 Å². The Kier molecular flexibility index (Phi) is 16.0. The Morgan fingerprint density at radius 1 is 0.677 bits per heavy atom. The number of carbonyl (C=O) groups is 7. The van der Waals surface area contributed by atoms with E-state index in [1.807, 2.05) is 96.4 Å². The summed E-state index contributed by atoms with van der Waals surface area (Å²) < 4.78 is 0. The number of benzene rings is 4. The molecule has 3 aliphatic heterocycles. The molecule has 2 bridgehead atoms. The molecule has 322 valence electrons. The second-order valence-corrected chi connectivity index (χ2v) is 16.3. The lowest BCUT2D eigenvalue weighted by atomic mass is 9.99. The standard InChI is InChI=1S/C47H50N6O8S/c54-40-23-24-41(55)53-43(39-12-7-27-62-39)47(61)52-38(29-31-13-18-34(19-14-31)33-10-5-2-6-11-33)46(60)50-36(22-17-30-8-3-1-4-9-30)45(59)51-37(44(58)48-26-25-42(56)57)28-32-15-20-35(49-40)21-16-32/h1-11,13-16,18-21,27,36-39,43H,12,17,22-26,28-29H2,(H,48,58)(H,49,54)(H,50,60)(H,51,59)(H,52,61)(H,53,55)(H,56,57)/t36-,37+,38+,39?,43?/m1/s1. The first-order chi connectivity index (χ1) is 30.0. The summed E-state index contributed by atoms with van der Waals surface area (Å²) in [6, 6.07) is 28.7. The number of rotatable bonds is 11. The highest BCUT2D eigenvalue weighted by molar-refractivity contribution is 8.03. The van der Waals surface area contributed by atoms with Gasteiger partial charge in [0.2, 0.25) is 35.4 Å². The highest BCUT2D eigenvalue weighted by Crippen LogP contribution is 2.27. The van der Waals surface area contributed by atoms with Gasteiger partial charge in [-0.1, -0.05) is 103 Å². The molecule has 15 heteroatoms. The summed E-state index contributed by atoms with van der Waals surface area (Å²) >= 11 is 1.37. The Balaban J connectivity index is 1.34. The maximum Gasteiger partial charge on any atom is 0.305 e. The van der Waals surface area contributed by atoms with E-state index in [-0.39, 0.29) is 50.3 Å². The third-order valence-corrected chi connectivity index (χ3v) is 11.7. The second-order valence-electron chi connectivity index (χ2n) is 15.2. The predicted molar refractivity (Wildman–Crippen MR) is 236 cm³/mol. The molecule has 0 spiro atoms. The van der Waals surface area contributed by atoms with Crippen molar-refractivity contribution in [3.63, 3.8) is 0 Å². The molecule has 3 heterocycles. The maximum atomic E-state index is 14.6. The lowest BCUT2D eigenvalue weighted by Crippen LogP contribution is -2.60. The van der Waals surface area contributed by atoms with Crippen LogP contribution in [-0.4, -0.2) is 82.5 Å². The molecule has 0 fully saturated rings. The molecule has 0 radical (unpaired) electrons. The Hall–Kier alpha value is -6.74. The molecule has 4 aromatic carbocycles. The third-order valence-electron chi connectivity index (χ3n) is 10.5. The number of thioether (sulfide) groups is 1. The van der Waals surface area contributed by atoms with Crippen molar-refractivity contribution >= 4 is 58.9 Å². The molecule has 0 aliphatic carbocycles. The third kappa shape index (κ3) is 13.4. The number of anilines is 1. The van der Waals surface area contributed by atoms with Crippen LogP contribution in [0.2, 0.25) is 0 Å². The van der Waals surface area contributed by atoms with Gasteiger partial charge in [-0.25, -0.2) is 0 Å². The number of aryl methyl sites for hydroxylation is 1. The highest BCUT2D eigenvalue weighted by Gasteiger charge is 2.35. The van der Waals surface area contributed by atoms with Crippen LogP contribution in [0.15, 0.2) is 121 Å². The van der Waals surface area contributed by atoms with Crippen molar-refractivity contribution in [2.45, 2.75) is 80.8 Å². The normalized spacial score (nSPS) is 21.4. The number of carboxylic acid groups (broad SMARTS) is 1. The van der Waals surface area contributed by atoms with E-state index in [2.05, 4.69) is 31.9 Å². The van der Waals surface area contributed by atoms with Gasteiger partial charge in [0.15, 0.2) is 0 Å². The maximum absolute atomic E-state index is 14.6. The minimum atomic E-state index is -1.22. The Labute approximate surface area is 364 Å². The summed E-state index contributed by atoms with van der Waals surface area (Å²) in [5.41, 5.74) is 4.62. The summed E-state index contributed by atoms with van der Waals surface area (Å²) in [7, 11) is 0. The molecule has 6 amide bonds. The molecule has 14 nitrogen and oxygen atoms in total. The van der Waals surface area contributed by atoms with Gasteiger partial charge in [-0.05, 0) is 64.6 Å². The van der Waals surface area contributed by atoms with Crippen LogP contribution < -0.4 is 31.9 Å². The SMILES string of the molecule is O=C(O)CCNC(=O)[C@@H]1Cc2ccc(cc2)NC(=O)CCC(=O)NC(C2CC=CS2)C(=O)N[C@@H](Cc2ccc(-c3ccccc3)cc2)C(=O)N[C@H](CCc2ccccc2)C(=O)N1. The molecule has 2 unspecified atom stereocenters. The molecule has 3 aliphatic rings. The van der Waals surface area contributed by atoms with Crippen molar-refractivity contribution in [2.24, 2.45) is 0 Å². The Morgan fingerprint density at radius 2 is 1.32 bits per heavy atom. The van der Waals surface area contributed by atoms with Crippen LogP contribution in [0.4, 0.5) is 5.69 Å². The lowest BCUT2D eigenvalue weighted by molar-refractivity contribution is -0.137. The van der Waals surface area contributed by atoms with E-state index in [1.165, 1.54) is 11.8 Å². The molecule has 7 N–H and O–H groups in total. The molecule has 0 saturated heterocycles. The van der Waals surface area contributed by atoms with E-state index in [9.17, 15) is 38.7 Å². The van der Waals surface area contributed by atoms with Crippen LogP contribution in [0.1, 0.15) is 48.8 Å². The number of carboxylic acids is 1. The van der Waals surface area contributed by atoms with Gasteiger partial charge in [-0.3, -0.25) is 33.6 Å². The molecule has 5 atom stereocenters. The smallest absolute Gasteiger partial charge is 0.305 e. The van der Waals surface area contributed by atoms with Crippen LogP contribution >= 0.6 is 11.8 Å². The topological polar surface area (TPSA) is 212 Å². The van der Waals surface area contributed by atoms with Crippen LogP contribution in [0, 0.1) is 0 Å². The van der Waals surface area contributed by atoms with Crippen molar-refractivity contribution in [1.29, 1.82) is 0 Å². The number of aliphatic carboxylic acids is 1. The number of nitrogens with one attached hydrogen (secondary N) is 6. The Bertz CT molecular complexity index is 2230. The molecule has 7 rings (SSSR count). The van der Waals surface area contributed by atoms with Gasteiger partial charge in [0.25, 0.3) is 0 Å². The molecular formula is C47H50N6O8S. The van der Waals surface area contributed by atoms with Gasteiger partial charge in [-0.2, -0.15) is 0 Å². The van der Waals surface area contributed by atoms with Crippen LogP contribution in [0.5, 0.6) is 0 Å². The van der Waals surface area contributed by atoms with Crippen molar-refractivity contribution < 1.29 is 38.7 Å². The Morgan fingerprint density at radius 3 is 2.00 bits per heavy atom. The van der Waals surface area contributed by atoms with E-state index in [0.29, 0.717) is 29.7 Å². The number of fused-ring (bicyclic) bond motifs is 18. The number of carbonyl (C=O) groups excluding carboxylic acids is 6. The lowest BCUT2D eigenvalue weighted by Gasteiger charge is -2.28. The minimum Gasteiger partial charge on any atom is -0.481 e. The largest absolute Gasteiger partial charge is 0.481 e. The number of allylic oxidation sites excluding steroid dienone is 1. The zero-order valence-electron chi connectivity index (χ0n) is 34.0. The molecule has 0 aromatic heterocycles. The van der Waals surface area contributed by atoms with E-state index < -0.39 is 65.6 Å². The molecular weight excluding hydrogens is 809 g/mol. The zero-order chi connectivity index (χ0) is 43.8. The summed E-state index contributed by atoms with van der Waals surface area (Å²) in [5, 5.41) is 27.4. The number of amides is 6. The molecule has 0 saturated carbocycles. The molecule has 62 heavy (non-hydrogen) atoms. The number of hydrogen-bond acceptors (Lipinski definition) is 8. The first-order valence-corrected chi connectivity index (χ1v) is 21.5. The average molecular weight is 859 g/mol. The second kappa shape index (κ2) is 22.2. The van der Waals surface area contributed by atoms with Gasteiger partial charge in [0, 0.05) is 43.2 Å². The van der Waals surface area contributed by atoms with Crippen LogP contribution in [0.3, 0.4) is 0 Å². The van der Waals surface area contributed by atoms with Crippen LogP contribution in [-0.2, 0) is 52.8 Å². The zero-order valence-corrected chi connectivity index (χ0v) is 34.8. The first kappa shape index (κ1) is 44.8. The summed E-state index contributed by atoms with van der Waals surface area (Å²) in [5.74, 6) is -4.64. The summed E-state index contributed by atoms with van der Waals surface area (Å²) in [4.78, 5) is 94.3. The van der Waals surface area contributed by atoms with E-state index in [1.54, 1.807) is 24.3 Å². The van der Waals surface area contributed by atoms with Crippen molar-refractivity contribution in [2.75, 3.05) is 11.9 Å². The van der Waals surface area contributed by atoms with Crippen molar-refractivity contribution in [1.82, 2.24) is 26.6 Å².